The third kappa shape index (κ3) is 4.86. The molecule has 0 aliphatic heterocycles. The summed E-state index contributed by atoms with van der Waals surface area (Å²) in [6.45, 7) is -1.32. The maximum atomic E-state index is 12.6. The average Bonchev–Trinajstić information content (AvgIpc) is 2.33. The number of hydrogen-bond acceptors (Lipinski definition) is 3. The van der Waals surface area contributed by atoms with Gasteiger partial charge in [-0.05, 0) is 12.1 Å². The topological polar surface area (TPSA) is 75.6 Å². The van der Waals surface area contributed by atoms with Crippen LogP contribution in [0.15, 0.2) is 24.3 Å². The minimum atomic E-state index is -4.59. The Labute approximate surface area is 106 Å². The van der Waals surface area contributed by atoms with Crippen molar-refractivity contribution in [1.29, 1.82) is 0 Å². The summed E-state index contributed by atoms with van der Waals surface area (Å²) < 4.78 is 42.4. The third-order valence-electron chi connectivity index (χ3n) is 1.99. The SMILES string of the molecule is O=C(O)CNC(=O)COc1ccccc1C(F)(F)F. The van der Waals surface area contributed by atoms with Gasteiger partial charge in [0.25, 0.3) is 5.91 Å². The molecular formula is C11H10F3NO4. The van der Waals surface area contributed by atoms with Crippen molar-refractivity contribution < 1.29 is 32.6 Å². The van der Waals surface area contributed by atoms with Crippen LogP contribution in [-0.2, 0) is 15.8 Å². The molecule has 0 heterocycles. The Kier molecular flexibility index (Phi) is 4.74. The molecule has 1 amide bonds. The predicted molar refractivity (Wildman–Crippen MR) is 57.6 cm³/mol. The molecule has 0 saturated carbocycles. The van der Waals surface area contributed by atoms with Crippen LogP contribution < -0.4 is 10.1 Å². The molecular weight excluding hydrogens is 267 g/mol. The van der Waals surface area contributed by atoms with Crippen molar-refractivity contribution in [3.63, 3.8) is 0 Å². The lowest BCUT2D eigenvalue weighted by Crippen LogP contribution is -2.33. The summed E-state index contributed by atoms with van der Waals surface area (Å²) in [7, 11) is 0. The highest BCUT2D eigenvalue weighted by atomic mass is 19.4. The van der Waals surface area contributed by atoms with Gasteiger partial charge in [-0.2, -0.15) is 13.2 Å². The number of carboxylic acid groups (broad SMARTS) is 1. The lowest BCUT2D eigenvalue weighted by Gasteiger charge is -2.13. The Hall–Kier alpha value is -2.25. The number of carbonyl (C=O) groups is 2. The molecule has 0 aromatic heterocycles. The van der Waals surface area contributed by atoms with Gasteiger partial charge in [0.1, 0.15) is 12.3 Å². The summed E-state index contributed by atoms with van der Waals surface area (Å²) in [5.41, 5.74) is -0.999. The molecule has 0 radical (unpaired) electrons. The molecule has 2 N–H and O–H groups in total. The number of ether oxygens (including phenoxy) is 1. The molecule has 0 bridgehead atoms. The van der Waals surface area contributed by atoms with Crippen LogP contribution in [0.4, 0.5) is 13.2 Å². The molecule has 0 spiro atoms. The monoisotopic (exact) mass is 277 g/mol. The van der Waals surface area contributed by atoms with E-state index in [1.54, 1.807) is 0 Å². The number of para-hydroxylation sites is 1. The number of carboxylic acids is 1. The molecule has 0 aliphatic rings. The first-order valence-corrected chi connectivity index (χ1v) is 5.08. The molecule has 1 rings (SSSR count). The zero-order valence-corrected chi connectivity index (χ0v) is 9.53. The van der Waals surface area contributed by atoms with Crippen molar-refractivity contribution in [2.75, 3.05) is 13.2 Å². The number of hydrogen-bond donors (Lipinski definition) is 2. The van der Waals surface area contributed by atoms with E-state index in [1.807, 2.05) is 5.32 Å². The van der Waals surface area contributed by atoms with Gasteiger partial charge in [-0.25, -0.2) is 0 Å². The van der Waals surface area contributed by atoms with Gasteiger partial charge in [0.05, 0.1) is 5.56 Å². The third-order valence-corrected chi connectivity index (χ3v) is 1.99. The van der Waals surface area contributed by atoms with Crippen LogP contribution in [0.5, 0.6) is 5.75 Å². The zero-order chi connectivity index (χ0) is 14.5. The van der Waals surface area contributed by atoms with Crippen molar-refractivity contribution in [3.05, 3.63) is 29.8 Å². The van der Waals surface area contributed by atoms with E-state index in [-0.39, 0.29) is 0 Å². The molecule has 8 heteroatoms. The molecule has 1 aromatic carbocycles. The number of rotatable bonds is 5. The van der Waals surface area contributed by atoms with Crippen molar-refractivity contribution in [1.82, 2.24) is 5.32 Å². The first-order chi connectivity index (χ1) is 8.80. The summed E-state index contributed by atoms with van der Waals surface area (Å²) in [6.07, 6.45) is -4.59. The molecule has 5 nitrogen and oxygen atoms in total. The number of benzene rings is 1. The smallest absolute Gasteiger partial charge is 0.419 e. The van der Waals surface area contributed by atoms with E-state index in [0.717, 1.165) is 12.1 Å². The molecule has 0 aliphatic carbocycles. The van der Waals surface area contributed by atoms with E-state index in [4.69, 9.17) is 9.84 Å². The fourth-order valence-electron chi connectivity index (χ4n) is 1.20. The fraction of sp³-hybridized carbons (Fsp3) is 0.273. The number of halogens is 3. The fourth-order valence-corrected chi connectivity index (χ4v) is 1.20. The van der Waals surface area contributed by atoms with E-state index < -0.39 is 42.5 Å². The summed E-state index contributed by atoms with van der Waals surface area (Å²) in [4.78, 5) is 21.3. The maximum absolute atomic E-state index is 12.6. The standard InChI is InChI=1S/C11H10F3NO4/c12-11(13,14)7-3-1-2-4-8(7)19-6-9(16)15-5-10(17)18/h1-4H,5-6H2,(H,15,16)(H,17,18). The Balaban J connectivity index is 2.63. The normalized spacial score (nSPS) is 10.9. The lowest BCUT2D eigenvalue weighted by molar-refractivity contribution is -0.139. The van der Waals surface area contributed by atoms with Gasteiger partial charge in [-0.3, -0.25) is 9.59 Å². The zero-order valence-electron chi connectivity index (χ0n) is 9.53. The Bertz CT molecular complexity index is 473. The van der Waals surface area contributed by atoms with E-state index in [0.29, 0.717) is 0 Å². The quantitative estimate of drug-likeness (QED) is 0.850. The summed E-state index contributed by atoms with van der Waals surface area (Å²) in [5, 5.41) is 10.3. The minimum Gasteiger partial charge on any atom is -0.483 e. The lowest BCUT2D eigenvalue weighted by atomic mass is 10.2. The molecule has 0 atom stereocenters. The maximum Gasteiger partial charge on any atom is 0.419 e. The van der Waals surface area contributed by atoms with E-state index in [1.165, 1.54) is 12.1 Å². The first-order valence-electron chi connectivity index (χ1n) is 5.08. The Morgan fingerprint density at radius 1 is 1.26 bits per heavy atom. The van der Waals surface area contributed by atoms with Crippen LogP contribution >= 0.6 is 0 Å². The summed E-state index contributed by atoms with van der Waals surface area (Å²) in [5.74, 6) is -2.57. The molecule has 1 aromatic rings. The van der Waals surface area contributed by atoms with Gasteiger partial charge in [0.2, 0.25) is 0 Å². The molecule has 0 saturated heterocycles. The second kappa shape index (κ2) is 6.07. The van der Waals surface area contributed by atoms with E-state index in [9.17, 15) is 22.8 Å². The second-order valence-electron chi connectivity index (χ2n) is 3.45. The van der Waals surface area contributed by atoms with Crippen LogP contribution in [0, 0.1) is 0 Å². The van der Waals surface area contributed by atoms with Crippen LogP contribution in [0.1, 0.15) is 5.56 Å². The Morgan fingerprint density at radius 3 is 2.47 bits per heavy atom. The van der Waals surface area contributed by atoms with Crippen LogP contribution in [0.25, 0.3) is 0 Å². The number of amides is 1. The number of alkyl halides is 3. The van der Waals surface area contributed by atoms with Crippen molar-refractivity contribution >= 4 is 11.9 Å². The minimum absolute atomic E-state index is 0.486. The number of carbonyl (C=O) groups excluding carboxylic acids is 1. The van der Waals surface area contributed by atoms with Gasteiger partial charge in [-0.15, -0.1) is 0 Å². The van der Waals surface area contributed by atoms with Crippen molar-refractivity contribution in [2.45, 2.75) is 6.18 Å². The van der Waals surface area contributed by atoms with Crippen LogP contribution in [0.2, 0.25) is 0 Å². The molecule has 19 heavy (non-hydrogen) atoms. The average molecular weight is 277 g/mol. The summed E-state index contributed by atoms with van der Waals surface area (Å²) in [6, 6.07) is 4.43. The Morgan fingerprint density at radius 2 is 1.89 bits per heavy atom. The van der Waals surface area contributed by atoms with Gasteiger partial charge in [-0.1, -0.05) is 12.1 Å². The molecule has 104 valence electrons. The van der Waals surface area contributed by atoms with Gasteiger partial charge in [0.15, 0.2) is 6.61 Å². The number of nitrogens with one attached hydrogen (secondary N) is 1. The van der Waals surface area contributed by atoms with Crippen LogP contribution in [-0.4, -0.2) is 30.1 Å². The highest BCUT2D eigenvalue weighted by molar-refractivity contribution is 5.82. The van der Waals surface area contributed by atoms with Gasteiger partial charge >= 0.3 is 12.1 Å². The first kappa shape index (κ1) is 14.8. The van der Waals surface area contributed by atoms with Crippen molar-refractivity contribution in [2.24, 2.45) is 0 Å². The van der Waals surface area contributed by atoms with Crippen LogP contribution in [0.3, 0.4) is 0 Å². The van der Waals surface area contributed by atoms with E-state index in [2.05, 4.69) is 0 Å². The highest BCUT2D eigenvalue weighted by Gasteiger charge is 2.34. The van der Waals surface area contributed by atoms with Gasteiger partial charge < -0.3 is 15.2 Å². The second-order valence-corrected chi connectivity index (χ2v) is 3.45. The van der Waals surface area contributed by atoms with E-state index >= 15 is 0 Å². The molecule has 0 fully saturated rings. The predicted octanol–water partition coefficient (Wildman–Crippen LogP) is 1.28. The highest BCUT2D eigenvalue weighted by Crippen LogP contribution is 2.35. The summed E-state index contributed by atoms with van der Waals surface area (Å²) >= 11 is 0. The largest absolute Gasteiger partial charge is 0.483 e. The molecule has 0 unspecified atom stereocenters. The number of aliphatic carboxylic acids is 1. The van der Waals surface area contributed by atoms with Gasteiger partial charge in [0, 0.05) is 0 Å². The van der Waals surface area contributed by atoms with Crippen molar-refractivity contribution in [3.8, 4) is 5.75 Å².